The van der Waals surface area contributed by atoms with Crippen molar-refractivity contribution in [2.24, 2.45) is 10.9 Å². The van der Waals surface area contributed by atoms with Crippen LogP contribution in [0.3, 0.4) is 0 Å². The number of ether oxygens (including phenoxy) is 4. The van der Waals surface area contributed by atoms with Crippen molar-refractivity contribution in [3.63, 3.8) is 0 Å². The minimum Gasteiger partial charge on any atom is -0.497 e. The lowest BCUT2D eigenvalue weighted by atomic mass is 10.1. The van der Waals surface area contributed by atoms with Gasteiger partial charge >= 0.3 is 0 Å². The van der Waals surface area contributed by atoms with Crippen LogP contribution in [0.2, 0.25) is 0 Å². The van der Waals surface area contributed by atoms with Crippen LogP contribution in [0.5, 0.6) is 11.5 Å². The van der Waals surface area contributed by atoms with Crippen LogP contribution in [0.15, 0.2) is 29.3 Å². The van der Waals surface area contributed by atoms with E-state index in [1.165, 1.54) is 0 Å². The summed E-state index contributed by atoms with van der Waals surface area (Å²) < 4.78 is 21.9. The second-order valence-corrected chi connectivity index (χ2v) is 6.72. The van der Waals surface area contributed by atoms with Crippen molar-refractivity contribution in [2.75, 3.05) is 59.8 Å². The quantitative estimate of drug-likeness (QED) is 0.180. The van der Waals surface area contributed by atoms with E-state index in [1.54, 1.807) is 7.11 Å². The van der Waals surface area contributed by atoms with Gasteiger partial charge < -0.3 is 29.6 Å². The number of hydrogen-bond acceptors (Lipinski definition) is 5. The fourth-order valence-corrected chi connectivity index (χ4v) is 2.80. The zero-order chi connectivity index (χ0) is 19.9. The van der Waals surface area contributed by atoms with Crippen LogP contribution in [-0.2, 0) is 9.47 Å². The molecule has 1 aromatic carbocycles. The Balaban J connectivity index is 0.00000420. The molecular weight excluding hydrogens is 485 g/mol. The van der Waals surface area contributed by atoms with Crippen molar-refractivity contribution in [3.05, 3.63) is 24.3 Å². The van der Waals surface area contributed by atoms with E-state index < -0.39 is 0 Å². The van der Waals surface area contributed by atoms with Crippen molar-refractivity contribution in [1.29, 1.82) is 0 Å². The van der Waals surface area contributed by atoms with Gasteiger partial charge in [0.05, 0.1) is 26.9 Å². The number of guanidine groups is 1. The summed E-state index contributed by atoms with van der Waals surface area (Å²) in [5.74, 6) is 3.10. The number of halogens is 1. The summed E-state index contributed by atoms with van der Waals surface area (Å²) in [5.41, 5.74) is 0. The third kappa shape index (κ3) is 11.5. The minimum absolute atomic E-state index is 0. The number of methoxy groups -OCH3 is 1. The van der Waals surface area contributed by atoms with Gasteiger partial charge in [-0.1, -0.05) is 0 Å². The molecule has 1 aliphatic heterocycles. The van der Waals surface area contributed by atoms with Gasteiger partial charge in [-0.15, -0.1) is 24.0 Å². The lowest BCUT2D eigenvalue weighted by molar-refractivity contribution is 0.0888. The predicted molar refractivity (Wildman–Crippen MR) is 127 cm³/mol. The number of hydrogen-bond donors (Lipinski definition) is 2. The van der Waals surface area contributed by atoms with Gasteiger partial charge in [0.2, 0.25) is 0 Å². The molecule has 1 fully saturated rings. The summed E-state index contributed by atoms with van der Waals surface area (Å²) in [5, 5.41) is 6.62. The maximum absolute atomic E-state index is 5.72. The normalized spacial score (nSPS) is 16.2. The summed E-state index contributed by atoms with van der Waals surface area (Å²) in [7, 11) is 1.66. The van der Waals surface area contributed by atoms with E-state index in [0.717, 1.165) is 76.2 Å². The largest absolute Gasteiger partial charge is 0.497 e. The minimum atomic E-state index is 0. The molecule has 1 atom stereocenters. The van der Waals surface area contributed by atoms with Gasteiger partial charge in [-0.2, -0.15) is 0 Å². The molecule has 0 aromatic heterocycles. The molecule has 0 saturated carbocycles. The first-order valence-electron chi connectivity index (χ1n) is 10.3. The monoisotopic (exact) mass is 521 g/mol. The maximum atomic E-state index is 5.72. The molecule has 1 saturated heterocycles. The molecule has 0 aliphatic carbocycles. The Kier molecular flexibility index (Phi) is 14.7. The van der Waals surface area contributed by atoms with Gasteiger partial charge in [0.1, 0.15) is 11.5 Å². The SMILES string of the molecule is CCNC(=NCCCOc1ccc(OC)cc1)NCCCOCC1CCOC1.I. The van der Waals surface area contributed by atoms with E-state index in [4.69, 9.17) is 18.9 Å². The highest BCUT2D eigenvalue weighted by Crippen LogP contribution is 2.17. The van der Waals surface area contributed by atoms with E-state index in [9.17, 15) is 0 Å². The highest BCUT2D eigenvalue weighted by atomic mass is 127. The zero-order valence-corrected chi connectivity index (χ0v) is 20.0. The molecule has 7 nitrogen and oxygen atoms in total. The van der Waals surface area contributed by atoms with Gasteiger partial charge in [-0.3, -0.25) is 4.99 Å². The number of nitrogens with one attached hydrogen (secondary N) is 2. The second kappa shape index (κ2) is 16.5. The Morgan fingerprint density at radius 3 is 2.62 bits per heavy atom. The smallest absolute Gasteiger partial charge is 0.191 e. The first kappa shape index (κ1) is 25.8. The topological polar surface area (TPSA) is 73.3 Å². The highest BCUT2D eigenvalue weighted by Gasteiger charge is 2.15. The first-order valence-corrected chi connectivity index (χ1v) is 10.3. The van der Waals surface area contributed by atoms with Gasteiger partial charge in [-0.05, 0) is 44.0 Å². The van der Waals surface area contributed by atoms with Gasteiger partial charge in [-0.25, -0.2) is 0 Å². The van der Waals surface area contributed by atoms with Crippen LogP contribution in [0.4, 0.5) is 0 Å². The van der Waals surface area contributed by atoms with Gasteiger partial charge in [0, 0.05) is 45.2 Å². The van der Waals surface area contributed by atoms with Gasteiger partial charge in [0.25, 0.3) is 0 Å². The summed E-state index contributed by atoms with van der Waals surface area (Å²) in [6.07, 6.45) is 2.94. The standard InChI is InChI=1S/C21H35N3O4.HI/c1-3-22-21(23-11-4-13-26-16-18-10-15-27-17-18)24-12-5-14-28-20-8-6-19(25-2)7-9-20;/h6-9,18H,3-5,10-17H2,1-2H3,(H2,22,23,24);1H. The van der Waals surface area contributed by atoms with Crippen molar-refractivity contribution in [1.82, 2.24) is 10.6 Å². The number of rotatable bonds is 13. The second-order valence-electron chi connectivity index (χ2n) is 6.72. The number of benzene rings is 1. The van der Waals surface area contributed by atoms with Crippen molar-refractivity contribution in [2.45, 2.75) is 26.2 Å². The molecular formula is C21H36IN3O4. The average molecular weight is 521 g/mol. The zero-order valence-electron chi connectivity index (χ0n) is 17.7. The highest BCUT2D eigenvalue weighted by molar-refractivity contribution is 14.0. The Morgan fingerprint density at radius 1 is 1.14 bits per heavy atom. The molecule has 1 aromatic rings. The molecule has 0 bridgehead atoms. The van der Waals surface area contributed by atoms with Crippen molar-refractivity contribution < 1.29 is 18.9 Å². The maximum Gasteiger partial charge on any atom is 0.191 e. The molecule has 29 heavy (non-hydrogen) atoms. The lowest BCUT2D eigenvalue weighted by Gasteiger charge is -2.12. The lowest BCUT2D eigenvalue weighted by Crippen LogP contribution is -2.38. The third-order valence-electron chi connectivity index (χ3n) is 4.38. The van der Waals surface area contributed by atoms with Crippen LogP contribution in [0, 0.1) is 5.92 Å². The molecule has 0 radical (unpaired) electrons. The predicted octanol–water partition coefficient (Wildman–Crippen LogP) is 3.08. The fourth-order valence-electron chi connectivity index (χ4n) is 2.80. The van der Waals surface area contributed by atoms with Crippen molar-refractivity contribution >= 4 is 29.9 Å². The summed E-state index contributed by atoms with van der Waals surface area (Å²) in [6, 6.07) is 7.61. The molecule has 0 spiro atoms. The van der Waals surface area contributed by atoms with E-state index in [2.05, 4.69) is 22.5 Å². The summed E-state index contributed by atoms with van der Waals surface area (Å²) in [6.45, 7) is 8.39. The van der Waals surface area contributed by atoms with Crippen LogP contribution in [-0.4, -0.2) is 65.7 Å². The Morgan fingerprint density at radius 2 is 1.93 bits per heavy atom. The van der Waals surface area contributed by atoms with E-state index in [0.29, 0.717) is 19.1 Å². The summed E-state index contributed by atoms with van der Waals surface area (Å²) in [4.78, 5) is 4.59. The molecule has 0 amide bonds. The first-order chi connectivity index (χ1) is 13.8. The van der Waals surface area contributed by atoms with E-state index in [1.807, 2.05) is 24.3 Å². The van der Waals surface area contributed by atoms with Crippen LogP contribution < -0.4 is 20.1 Å². The molecule has 1 aliphatic rings. The molecule has 2 rings (SSSR count). The van der Waals surface area contributed by atoms with Crippen LogP contribution in [0.1, 0.15) is 26.2 Å². The molecule has 2 N–H and O–H groups in total. The molecule has 1 heterocycles. The Hall–Kier alpha value is -1.26. The van der Waals surface area contributed by atoms with Crippen LogP contribution in [0.25, 0.3) is 0 Å². The number of aliphatic imine (C=N–C) groups is 1. The van der Waals surface area contributed by atoms with Crippen LogP contribution >= 0.6 is 24.0 Å². The number of nitrogens with zero attached hydrogens (tertiary/aromatic N) is 1. The van der Waals surface area contributed by atoms with E-state index >= 15 is 0 Å². The molecule has 1 unspecified atom stereocenters. The molecule has 166 valence electrons. The fraction of sp³-hybridized carbons (Fsp3) is 0.667. The third-order valence-corrected chi connectivity index (χ3v) is 4.38. The Bertz CT molecular complexity index is 551. The Labute approximate surface area is 191 Å². The van der Waals surface area contributed by atoms with Crippen molar-refractivity contribution in [3.8, 4) is 11.5 Å². The average Bonchev–Trinajstić information content (AvgIpc) is 3.24. The van der Waals surface area contributed by atoms with E-state index in [-0.39, 0.29) is 24.0 Å². The van der Waals surface area contributed by atoms with Gasteiger partial charge in [0.15, 0.2) is 5.96 Å². The summed E-state index contributed by atoms with van der Waals surface area (Å²) >= 11 is 0. The molecule has 8 heteroatoms.